The van der Waals surface area contributed by atoms with E-state index < -0.39 is 0 Å². The van der Waals surface area contributed by atoms with E-state index >= 15 is 0 Å². The molecule has 2 fully saturated rings. The van der Waals surface area contributed by atoms with Gasteiger partial charge in [0.15, 0.2) is 0 Å². The van der Waals surface area contributed by atoms with Crippen molar-refractivity contribution in [3.63, 3.8) is 0 Å². The van der Waals surface area contributed by atoms with E-state index in [0.29, 0.717) is 5.91 Å². The van der Waals surface area contributed by atoms with Crippen molar-refractivity contribution >= 4 is 5.91 Å². The van der Waals surface area contributed by atoms with E-state index in [0.717, 1.165) is 45.4 Å². The van der Waals surface area contributed by atoms with Crippen molar-refractivity contribution in [2.24, 2.45) is 0 Å². The van der Waals surface area contributed by atoms with Crippen molar-refractivity contribution in [1.29, 1.82) is 0 Å². The van der Waals surface area contributed by atoms with Crippen LogP contribution in [-0.4, -0.2) is 37.0 Å². The molecule has 1 aliphatic carbocycles. The Morgan fingerprint density at radius 2 is 2.11 bits per heavy atom. The van der Waals surface area contributed by atoms with Gasteiger partial charge in [-0.25, -0.2) is 0 Å². The van der Waals surface area contributed by atoms with Crippen LogP contribution in [0.4, 0.5) is 0 Å². The molecule has 1 aliphatic heterocycles. The standard InChI is InChI=1S/C16H22N2O/c1-13-4-2-5-14(12-13)16(6-7-16)15(19)18-10-3-8-17-9-11-18/h2,4-5,12,17H,3,6-11H2,1H3. The maximum absolute atomic E-state index is 12.8. The van der Waals surface area contributed by atoms with E-state index in [1.165, 1.54) is 11.1 Å². The zero-order valence-electron chi connectivity index (χ0n) is 11.6. The number of amides is 1. The van der Waals surface area contributed by atoms with Crippen LogP contribution in [0.3, 0.4) is 0 Å². The highest BCUT2D eigenvalue weighted by atomic mass is 16.2. The fraction of sp³-hybridized carbons (Fsp3) is 0.562. The summed E-state index contributed by atoms with van der Waals surface area (Å²) in [5.41, 5.74) is 2.26. The molecule has 1 saturated carbocycles. The van der Waals surface area contributed by atoms with Gasteiger partial charge in [0.25, 0.3) is 0 Å². The smallest absolute Gasteiger partial charge is 0.233 e. The quantitative estimate of drug-likeness (QED) is 0.878. The molecule has 3 nitrogen and oxygen atoms in total. The molecule has 19 heavy (non-hydrogen) atoms. The van der Waals surface area contributed by atoms with E-state index in [4.69, 9.17) is 0 Å². The van der Waals surface area contributed by atoms with Crippen molar-refractivity contribution in [2.75, 3.05) is 26.2 Å². The second kappa shape index (κ2) is 4.97. The highest BCUT2D eigenvalue weighted by molar-refractivity contribution is 5.91. The van der Waals surface area contributed by atoms with Crippen LogP contribution in [-0.2, 0) is 10.2 Å². The monoisotopic (exact) mass is 258 g/mol. The summed E-state index contributed by atoms with van der Waals surface area (Å²) in [6.45, 7) is 5.81. The summed E-state index contributed by atoms with van der Waals surface area (Å²) in [5.74, 6) is 0.349. The molecule has 102 valence electrons. The average Bonchev–Trinajstić information content (AvgIpc) is 3.23. The Balaban J connectivity index is 1.82. The van der Waals surface area contributed by atoms with Crippen LogP contribution in [0.2, 0.25) is 0 Å². The largest absolute Gasteiger partial charge is 0.341 e. The SMILES string of the molecule is Cc1cccc(C2(C(=O)N3CCCNCC3)CC2)c1. The third-order valence-corrected chi connectivity index (χ3v) is 4.36. The Bertz CT molecular complexity index is 471. The highest BCUT2D eigenvalue weighted by Crippen LogP contribution is 2.49. The fourth-order valence-corrected chi connectivity index (χ4v) is 3.05. The van der Waals surface area contributed by atoms with Gasteiger partial charge >= 0.3 is 0 Å². The van der Waals surface area contributed by atoms with Gasteiger partial charge in [-0.1, -0.05) is 29.8 Å². The molecule has 1 saturated heterocycles. The Kier molecular flexibility index (Phi) is 3.31. The van der Waals surface area contributed by atoms with Gasteiger partial charge in [-0.2, -0.15) is 0 Å². The maximum Gasteiger partial charge on any atom is 0.233 e. The normalized spacial score (nSPS) is 21.8. The van der Waals surface area contributed by atoms with E-state index in [1.54, 1.807) is 0 Å². The number of carbonyl (C=O) groups is 1. The number of nitrogens with zero attached hydrogens (tertiary/aromatic N) is 1. The Morgan fingerprint density at radius 1 is 1.26 bits per heavy atom. The molecule has 0 atom stereocenters. The van der Waals surface area contributed by atoms with Crippen molar-refractivity contribution in [3.05, 3.63) is 35.4 Å². The number of rotatable bonds is 2. The lowest BCUT2D eigenvalue weighted by atomic mass is 9.93. The summed E-state index contributed by atoms with van der Waals surface area (Å²) in [4.78, 5) is 14.9. The number of carbonyl (C=O) groups excluding carboxylic acids is 1. The van der Waals surface area contributed by atoms with Crippen molar-refractivity contribution in [3.8, 4) is 0 Å². The average molecular weight is 258 g/mol. The first kappa shape index (κ1) is 12.7. The lowest BCUT2D eigenvalue weighted by Gasteiger charge is -2.26. The minimum Gasteiger partial charge on any atom is -0.341 e. The van der Waals surface area contributed by atoms with E-state index in [2.05, 4.69) is 41.4 Å². The number of nitrogens with one attached hydrogen (secondary N) is 1. The van der Waals surface area contributed by atoms with E-state index in [1.807, 2.05) is 0 Å². The minimum absolute atomic E-state index is 0.198. The van der Waals surface area contributed by atoms with Gasteiger partial charge < -0.3 is 10.2 Å². The Labute approximate surface area is 115 Å². The highest BCUT2D eigenvalue weighted by Gasteiger charge is 2.52. The molecule has 3 rings (SSSR count). The van der Waals surface area contributed by atoms with Gasteiger partial charge in [0, 0.05) is 19.6 Å². The molecule has 0 unspecified atom stereocenters. The van der Waals surface area contributed by atoms with Gasteiger partial charge in [0.1, 0.15) is 0 Å². The molecule has 1 aromatic rings. The summed E-state index contributed by atoms with van der Waals surface area (Å²) >= 11 is 0. The Hall–Kier alpha value is -1.35. The third kappa shape index (κ3) is 2.39. The zero-order chi connectivity index (χ0) is 13.3. The molecule has 1 N–H and O–H groups in total. The van der Waals surface area contributed by atoms with Gasteiger partial charge in [-0.05, 0) is 38.3 Å². The van der Waals surface area contributed by atoms with Crippen LogP contribution >= 0.6 is 0 Å². The molecule has 0 spiro atoms. The van der Waals surface area contributed by atoms with Gasteiger partial charge in [0.2, 0.25) is 5.91 Å². The molecular formula is C16H22N2O. The molecular weight excluding hydrogens is 236 g/mol. The van der Waals surface area contributed by atoms with Crippen molar-refractivity contribution < 1.29 is 4.79 Å². The summed E-state index contributed by atoms with van der Waals surface area (Å²) in [6.07, 6.45) is 3.09. The number of hydrogen-bond acceptors (Lipinski definition) is 2. The van der Waals surface area contributed by atoms with Gasteiger partial charge in [0.05, 0.1) is 5.41 Å². The van der Waals surface area contributed by atoms with E-state index in [9.17, 15) is 4.79 Å². The first-order valence-corrected chi connectivity index (χ1v) is 7.30. The van der Waals surface area contributed by atoms with Crippen molar-refractivity contribution in [2.45, 2.75) is 31.6 Å². The van der Waals surface area contributed by atoms with Crippen LogP contribution in [0.15, 0.2) is 24.3 Å². The molecule has 1 aromatic carbocycles. The van der Waals surface area contributed by atoms with Crippen LogP contribution in [0.5, 0.6) is 0 Å². The number of benzene rings is 1. The first-order valence-electron chi connectivity index (χ1n) is 7.30. The van der Waals surface area contributed by atoms with Gasteiger partial charge in [-0.15, -0.1) is 0 Å². The van der Waals surface area contributed by atoms with Crippen LogP contribution < -0.4 is 5.32 Å². The molecule has 0 aromatic heterocycles. The van der Waals surface area contributed by atoms with Crippen LogP contribution in [0, 0.1) is 6.92 Å². The molecule has 3 heteroatoms. The first-order chi connectivity index (χ1) is 9.22. The topological polar surface area (TPSA) is 32.3 Å². The predicted molar refractivity (Wildman–Crippen MR) is 76.2 cm³/mol. The number of aryl methyl sites for hydroxylation is 1. The van der Waals surface area contributed by atoms with E-state index in [-0.39, 0.29) is 5.41 Å². The minimum atomic E-state index is -0.198. The fourth-order valence-electron chi connectivity index (χ4n) is 3.05. The summed E-state index contributed by atoms with van der Waals surface area (Å²) < 4.78 is 0. The second-order valence-corrected chi connectivity index (χ2v) is 5.85. The maximum atomic E-state index is 12.8. The van der Waals surface area contributed by atoms with Crippen molar-refractivity contribution in [1.82, 2.24) is 10.2 Å². The number of hydrogen-bond donors (Lipinski definition) is 1. The summed E-state index contributed by atoms with van der Waals surface area (Å²) in [6, 6.07) is 8.47. The lowest BCUT2D eigenvalue weighted by Crippen LogP contribution is -2.41. The molecule has 2 aliphatic rings. The summed E-state index contributed by atoms with van der Waals surface area (Å²) in [5, 5.41) is 3.36. The zero-order valence-corrected chi connectivity index (χ0v) is 11.6. The van der Waals surface area contributed by atoms with Crippen LogP contribution in [0.25, 0.3) is 0 Å². The Morgan fingerprint density at radius 3 is 2.84 bits per heavy atom. The molecule has 1 heterocycles. The molecule has 0 radical (unpaired) electrons. The molecule has 0 bridgehead atoms. The van der Waals surface area contributed by atoms with Gasteiger partial charge in [-0.3, -0.25) is 4.79 Å². The van der Waals surface area contributed by atoms with Crippen LogP contribution in [0.1, 0.15) is 30.4 Å². The lowest BCUT2D eigenvalue weighted by molar-refractivity contribution is -0.133. The summed E-state index contributed by atoms with van der Waals surface area (Å²) in [7, 11) is 0. The second-order valence-electron chi connectivity index (χ2n) is 5.85. The third-order valence-electron chi connectivity index (χ3n) is 4.36. The predicted octanol–water partition coefficient (Wildman–Crippen LogP) is 1.85. The molecule has 1 amide bonds.